The average Bonchev–Trinajstić information content (AvgIpc) is 2.26. The van der Waals surface area contributed by atoms with E-state index in [1.54, 1.807) is 25.1 Å². The van der Waals surface area contributed by atoms with Crippen LogP contribution in [-0.4, -0.2) is 23.2 Å². The number of aromatic nitrogens is 1. The Morgan fingerprint density at radius 1 is 1.47 bits per heavy atom. The molecule has 1 N–H and O–H groups in total. The van der Waals surface area contributed by atoms with Crippen LogP contribution in [0.5, 0.6) is 5.75 Å². The van der Waals surface area contributed by atoms with Gasteiger partial charge in [0.25, 0.3) is 0 Å². The van der Waals surface area contributed by atoms with Gasteiger partial charge in [-0.15, -0.1) is 0 Å². The maximum atomic E-state index is 11.3. The third kappa shape index (κ3) is 1.98. The van der Waals surface area contributed by atoms with Gasteiger partial charge >= 0.3 is 5.97 Å². The van der Waals surface area contributed by atoms with E-state index in [2.05, 4.69) is 20.9 Å². The molecule has 1 aromatic carbocycles. The number of fused-ring (bicyclic) bond motifs is 1. The summed E-state index contributed by atoms with van der Waals surface area (Å²) in [4.78, 5) is 15.6. The molecule has 0 saturated carbocycles. The summed E-state index contributed by atoms with van der Waals surface area (Å²) in [7, 11) is 1.45. The lowest BCUT2D eigenvalue weighted by atomic mass is 10.1. The molecule has 1 aromatic heterocycles. The summed E-state index contributed by atoms with van der Waals surface area (Å²) in [5.41, 5.74) is 1.35. The highest BCUT2D eigenvalue weighted by atomic mass is 79.9. The maximum absolute atomic E-state index is 11.3. The summed E-state index contributed by atoms with van der Waals surface area (Å²) in [6.07, 6.45) is 0. The van der Waals surface area contributed by atoms with Gasteiger partial charge in [-0.25, -0.2) is 9.78 Å². The van der Waals surface area contributed by atoms with Gasteiger partial charge in [-0.2, -0.15) is 0 Å². The van der Waals surface area contributed by atoms with Crippen LogP contribution in [0.15, 0.2) is 22.7 Å². The van der Waals surface area contributed by atoms with E-state index >= 15 is 0 Å². The van der Waals surface area contributed by atoms with Crippen molar-refractivity contribution >= 4 is 32.8 Å². The van der Waals surface area contributed by atoms with Crippen molar-refractivity contribution in [2.24, 2.45) is 0 Å². The zero-order valence-electron chi connectivity index (χ0n) is 9.32. The van der Waals surface area contributed by atoms with Gasteiger partial charge in [0, 0.05) is 9.86 Å². The molecule has 88 valence electrons. The Kier molecular flexibility index (Phi) is 3.02. The Labute approximate surface area is 106 Å². The number of carboxylic acid groups (broad SMARTS) is 1. The molecule has 0 spiro atoms. The number of halogens is 1. The fraction of sp³-hybridized carbons (Fsp3) is 0.167. The van der Waals surface area contributed by atoms with Crippen LogP contribution in [0.4, 0.5) is 0 Å². The summed E-state index contributed by atoms with van der Waals surface area (Å²) in [6.45, 7) is 1.73. The van der Waals surface area contributed by atoms with Crippen LogP contribution in [-0.2, 0) is 0 Å². The molecule has 0 saturated heterocycles. The molecule has 0 aliphatic heterocycles. The lowest BCUT2D eigenvalue weighted by Gasteiger charge is -2.11. The quantitative estimate of drug-likeness (QED) is 0.925. The number of aromatic carboxylic acids is 1. The smallest absolute Gasteiger partial charge is 0.340 e. The molecule has 4 nitrogen and oxygen atoms in total. The van der Waals surface area contributed by atoms with Gasteiger partial charge < -0.3 is 9.84 Å². The monoisotopic (exact) mass is 295 g/mol. The van der Waals surface area contributed by atoms with Gasteiger partial charge in [-0.1, -0.05) is 22.0 Å². The van der Waals surface area contributed by atoms with Gasteiger partial charge in [0.1, 0.15) is 5.56 Å². The third-order valence-electron chi connectivity index (χ3n) is 2.49. The van der Waals surface area contributed by atoms with E-state index in [9.17, 15) is 9.90 Å². The molecule has 0 amide bonds. The number of hydrogen-bond acceptors (Lipinski definition) is 3. The van der Waals surface area contributed by atoms with Crippen molar-refractivity contribution in [1.82, 2.24) is 4.98 Å². The summed E-state index contributed by atoms with van der Waals surface area (Å²) in [6, 6.07) is 5.29. The molecular weight excluding hydrogens is 286 g/mol. The summed E-state index contributed by atoms with van der Waals surface area (Å²) in [5.74, 6) is -0.702. The molecule has 0 radical (unpaired) electrons. The van der Waals surface area contributed by atoms with Crippen LogP contribution in [0.25, 0.3) is 10.9 Å². The third-order valence-corrected chi connectivity index (χ3v) is 2.98. The number of methoxy groups -OCH3 is 1. The number of nitrogens with zero attached hydrogens (tertiary/aromatic N) is 1. The van der Waals surface area contributed by atoms with Gasteiger partial charge in [-0.05, 0) is 19.1 Å². The second-order valence-electron chi connectivity index (χ2n) is 3.57. The van der Waals surface area contributed by atoms with Crippen LogP contribution in [0.1, 0.15) is 16.1 Å². The molecule has 2 aromatic rings. The second-order valence-corrected chi connectivity index (χ2v) is 4.49. The van der Waals surface area contributed by atoms with E-state index in [0.717, 1.165) is 4.47 Å². The second kappa shape index (κ2) is 4.33. The zero-order valence-corrected chi connectivity index (χ0v) is 10.9. The van der Waals surface area contributed by atoms with Crippen molar-refractivity contribution in [2.75, 3.05) is 7.11 Å². The number of hydrogen-bond donors (Lipinski definition) is 1. The molecule has 17 heavy (non-hydrogen) atoms. The molecule has 5 heteroatoms. The van der Waals surface area contributed by atoms with Crippen molar-refractivity contribution in [3.8, 4) is 5.75 Å². The topological polar surface area (TPSA) is 59.4 Å². The van der Waals surface area contributed by atoms with Crippen molar-refractivity contribution in [3.63, 3.8) is 0 Å². The number of aryl methyl sites for hydroxylation is 1. The van der Waals surface area contributed by atoms with Crippen LogP contribution in [0, 0.1) is 6.92 Å². The van der Waals surface area contributed by atoms with Gasteiger partial charge in [0.2, 0.25) is 0 Å². The molecule has 0 unspecified atom stereocenters. The van der Waals surface area contributed by atoms with Crippen molar-refractivity contribution in [2.45, 2.75) is 6.92 Å². The first kappa shape index (κ1) is 11.9. The highest BCUT2D eigenvalue weighted by molar-refractivity contribution is 9.10. The van der Waals surface area contributed by atoms with E-state index < -0.39 is 5.97 Å². The number of carboxylic acids is 1. The standard InChI is InChI=1S/C12H10BrNO3/c1-6-11(17-2)10(12(15)16)8-4-3-7(13)5-9(8)14-6/h3-5H,1-2H3,(H,15,16). The van der Waals surface area contributed by atoms with E-state index in [0.29, 0.717) is 22.3 Å². The lowest BCUT2D eigenvalue weighted by molar-refractivity contribution is 0.0695. The predicted molar refractivity (Wildman–Crippen MR) is 67.7 cm³/mol. The Bertz CT molecular complexity index is 610. The lowest BCUT2D eigenvalue weighted by Crippen LogP contribution is -2.05. The van der Waals surface area contributed by atoms with Crippen LogP contribution in [0.3, 0.4) is 0 Å². The highest BCUT2D eigenvalue weighted by Crippen LogP contribution is 2.30. The number of ether oxygens (including phenoxy) is 1. The first-order valence-corrected chi connectivity index (χ1v) is 5.71. The molecule has 0 atom stereocenters. The summed E-state index contributed by atoms with van der Waals surface area (Å²) in [5, 5.41) is 9.84. The Balaban J connectivity index is 2.92. The molecular formula is C12H10BrNO3. The first-order valence-electron chi connectivity index (χ1n) is 4.91. The normalized spacial score (nSPS) is 10.5. The fourth-order valence-corrected chi connectivity index (χ4v) is 2.15. The van der Waals surface area contributed by atoms with Crippen LogP contribution in [0.2, 0.25) is 0 Å². The minimum Gasteiger partial charge on any atom is -0.494 e. The van der Waals surface area contributed by atoms with E-state index in [1.165, 1.54) is 7.11 Å². The fourth-order valence-electron chi connectivity index (χ4n) is 1.81. The van der Waals surface area contributed by atoms with E-state index in [4.69, 9.17) is 4.74 Å². The van der Waals surface area contributed by atoms with Gasteiger partial charge in [-0.3, -0.25) is 0 Å². The van der Waals surface area contributed by atoms with Gasteiger partial charge in [0.05, 0.1) is 18.3 Å². The predicted octanol–water partition coefficient (Wildman–Crippen LogP) is 3.01. The SMILES string of the molecule is COc1c(C)nc2cc(Br)ccc2c1C(=O)O. The molecule has 2 rings (SSSR count). The number of rotatable bonds is 2. The highest BCUT2D eigenvalue weighted by Gasteiger charge is 2.19. The first-order chi connectivity index (χ1) is 8.04. The minimum absolute atomic E-state index is 0.155. The molecule has 0 fully saturated rings. The Morgan fingerprint density at radius 3 is 2.76 bits per heavy atom. The van der Waals surface area contributed by atoms with E-state index in [-0.39, 0.29) is 5.56 Å². The molecule has 0 aliphatic rings. The molecule has 1 heterocycles. The minimum atomic E-state index is -1.01. The zero-order chi connectivity index (χ0) is 12.6. The van der Waals surface area contributed by atoms with E-state index in [1.807, 2.05) is 0 Å². The van der Waals surface area contributed by atoms with Crippen molar-refractivity contribution < 1.29 is 14.6 Å². The molecule has 0 bridgehead atoms. The number of benzene rings is 1. The maximum Gasteiger partial charge on any atom is 0.340 e. The van der Waals surface area contributed by atoms with Gasteiger partial charge in [0.15, 0.2) is 5.75 Å². The van der Waals surface area contributed by atoms with Crippen molar-refractivity contribution in [1.29, 1.82) is 0 Å². The summed E-state index contributed by atoms with van der Waals surface area (Å²) >= 11 is 3.34. The Hall–Kier alpha value is -1.62. The largest absolute Gasteiger partial charge is 0.494 e. The average molecular weight is 296 g/mol. The van der Waals surface area contributed by atoms with Crippen LogP contribution < -0.4 is 4.74 Å². The molecule has 0 aliphatic carbocycles. The van der Waals surface area contributed by atoms with Crippen molar-refractivity contribution in [3.05, 3.63) is 33.9 Å². The number of pyridine rings is 1. The van der Waals surface area contributed by atoms with Crippen LogP contribution >= 0.6 is 15.9 Å². The number of carbonyl (C=O) groups is 1. The summed E-state index contributed by atoms with van der Waals surface area (Å²) < 4.78 is 5.98. The Morgan fingerprint density at radius 2 is 2.18 bits per heavy atom.